The van der Waals surface area contributed by atoms with E-state index in [2.05, 4.69) is 15.0 Å². The lowest BCUT2D eigenvalue weighted by atomic mass is 10.3. The molecule has 0 amide bonds. The molecule has 0 aliphatic rings. The second-order valence-electron chi connectivity index (χ2n) is 4.27. The topological polar surface area (TPSA) is 43.6 Å². The van der Waals surface area contributed by atoms with Crippen LogP contribution in [0.3, 0.4) is 0 Å². The van der Waals surface area contributed by atoms with Crippen molar-refractivity contribution in [2.75, 3.05) is 0 Å². The number of nitrogens with zero attached hydrogens (tertiary/aromatic N) is 4. The van der Waals surface area contributed by atoms with E-state index in [0.29, 0.717) is 5.52 Å². The van der Waals surface area contributed by atoms with Gasteiger partial charge in [-0.25, -0.2) is 14.4 Å². The molecule has 6 heteroatoms. The third-order valence-electron chi connectivity index (χ3n) is 2.93. The molecule has 0 aliphatic heterocycles. The molecule has 4 nitrogen and oxygen atoms in total. The first-order valence-corrected chi connectivity index (χ1v) is 5.68. The van der Waals surface area contributed by atoms with Crippen LogP contribution in [0, 0.1) is 18.7 Å². The van der Waals surface area contributed by atoms with Gasteiger partial charge in [0.15, 0.2) is 11.6 Å². The molecule has 0 saturated carbocycles. The third-order valence-corrected chi connectivity index (χ3v) is 2.93. The van der Waals surface area contributed by atoms with Gasteiger partial charge in [-0.2, -0.15) is 4.39 Å². The first-order valence-electron chi connectivity index (χ1n) is 5.68. The van der Waals surface area contributed by atoms with E-state index in [-0.39, 0.29) is 11.5 Å². The summed E-state index contributed by atoms with van der Waals surface area (Å²) in [7, 11) is 1.72. The normalized spacial score (nSPS) is 11.2. The van der Waals surface area contributed by atoms with Crippen molar-refractivity contribution in [3.63, 3.8) is 0 Å². The summed E-state index contributed by atoms with van der Waals surface area (Å²) in [6, 6.07) is 3.81. The molecule has 0 spiro atoms. The minimum Gasteiger partial charge on any atom is -0.324 e. The molecule has 3 aromatic heterocycles. The average molecular weight is 260 g/mol. The van der Waals surface area contributed by atoms with Crippen LogP contribution in [-0.4, -0.2) is 19.5 Å². The van der Waals surface area contributed by atoms with Crippen molar-refractivity contribution >= 4 is 11.0 Å². The van der Waals surface area contributed by atoms with Crippen LogP contribution in [0.25, 0.3) is 22.6 Å². The second kappa shape index (κ2) is 4.08. The van der Waals surface area contributed by atoms with Gasteiger partial charge in [0, 0.05) is 12.7 Å². The monoisotopic (exact) mass is 260 g/mol. The highest BCUT2D eigenvalue weighted by Gasteiger charge is 2.16. The summed E-state index contributed by atoms with van der Waals surface area (Å²) < 4.78 is 28.5. The van der Waals surface area contributed by atoms with Gasteiger partial charge in [0.25, 0.3) is 0 Å². The molecule has 0 aromatic carbocycles. The summed E-state index contributed by atoms with van der Waals surface area (Å²) in [5.41, 5.74) is 2.13. The molecule has 0 aliphatic carbocycles. The highest BCUT2D eigenvalue weighted by molar-refractivity contribution is 5.79. The lowest BCUT2D eigenvalue weighted by molar-refractivity contribution is 0.562. The van der Waals surface area contributed by atoms with E-state index in [1.54, 1.807) is 23.9 Å². The van der Waals surface area contributed by atoms with Crippen LogP contribution in [0.2, 0.25) is 0 Å². The number of rotatable bonds is 1. The van der Waals surface area contributed by atoms with Crippen LogP contribution in [-0.2, 0) is 7.05 Å². The number of imidazole rings is 1. The summed E-state index contributed by atoms with van der Waals surface area (Å²) in [5, 5.41) is 0. The van der Waals surface area contributed by atoms with Crippen molar-refractivity contribution in [2.45, 2.75) is 6.92 Å². The van der Waals surface area contributed by atoms with E-state index < -0.39 is 11.8 Å². The quantitative estimate of drug-likeness (QED) is 0.632. The van der Waals surface area contributed by atoms with Gasteiger partial charge < -0.3 is 4.57 Å². The minimum atomic E-state index is -0.738. The third kappa shape index (κ3) is 1.85. The Labute approximate surface area is 107 Å². The fourth-order valence-corrected chi connectivity index (χ4v) is 1.98. The fraction of sp³-hybridized carbons (Fsp3) is 0.154. The molecular formula is C13H10F2N4. The largest absolute Gasteiger partial charge is 0.324 e. The van der Waals surface area contributed by atoms with Gasteiger partial charge in [-0.05, 0) is 25.1 Å². The molecule has 0 atom stereocenters. The zero-order valence-corrected chi connectivity index (χ0v) is 10.4. The molecular weight excluding hydrogens is 250 g/mol. The first-order chi connectivity index (χ1) is 9.06. The molecule has 0 unspecified atom stereocenters. The van der Waals surface area contributed by atoms with Gasteiger partial charge in [-0.1, -0.05) is 0 Å². The Balaban J connectivity index is 2.30. The average Bonchev–Trinajstić information content (AvgIpc) is 2.69. The molecule has 0 radical (unpaired) electrons. The van der Waals surface area contributed by atoms with E-state index in [1.807, 2.05) is 6.92 Å². The standard InChI is InChI=1S/C13H10F2N4/c1-7-5-9-10(6-16-7)19(2)13(17-9)12-8(14)3-4-11(15)18-12/h3-6H,1-2H3. The predicted octanol–water partition coefficient (Wildman–Crippen LogP) is 2.62. The molecule has 19 heavy (non-hydrogen) atoms. The number of pyridine rings is 2. The van der Waals surface area contributed by atoms with E-state index in [1.165, 1.54) is 0 Å². The molecule has 3 heterocycles. The maximum atomic E-state index is 13.7. The van der Waals surface area contributed by atoms with Gasteiger partial charge >= 0.3 is 0 Å². The van der Waals surface area contributed by atoms with Crippen molar-refractivity contribution in [3.05, 3.63) is 41.9 Å². The summed E-state index contributed by atoms with van der Waals surface area (Å²) >= 11 is 0. The van der Waals surface area contributed by atoms with Crippen molar-refractivity contribution in [1.82, 2.24) is 19.5 Å². The molecule has 3 aromatic rings. The highest BCUT2D eigenvalue weighted by Crippen LogP contribution is 2.24. The summed E-state index contributed by atoms with van der Waals surface area (Å²) in [4.78, 5) is 12.0. The summed E-state index contributed by atoms with van der Waals surface area (Å²) in [5.74, 6) is -1.07. The fourth-order valence-electron chi connectivity index (χ4n) is 1.98. The summed E-state index contributed by atoms with van der Waals surface area (Å²) in [6.07, 6.45) is 1.65. The molecule has 3 rings (SSSR count). The molecule has 96 valence electrons. The lowest BCUT2D eigenvalue weighted by Crippen LogP contribution is -1.99. The second-order valence-corrected chi connectivity index (χ2v) is 4.27. The Morgan fingerprint density at radius 2 is 1.95 bits per heavy atom. The molecule has 0 fully saturated rings. The number of aromatic nitrogens is 4. The number of fused-ring (bicyclic) bond motifs is 1. The van der Waals surface area contributed by atoms with Crippen LogP contribution in [0.15, 0.2) is 24.4 Å². The minimum absolute atomic E-state index is 0.101. The maximum Gasteiger partial charge on any atom is 0.213 e. The van der Waals surface area contributed by atoms with Crippen LogP contribution in [0.5, 0.6) is 0 Å². The number of hydrogen-bond acceptors (Lipinski definition) is 3. The van der Waals surface area contributed by atoms with Crippen molar-refractivity contribution in [3.8, 4) is 11.5 Å². The van der Waals surface area contributed by atoms with Gasteiger partial charge in [0.2, 0.25) is 5.95 Å². The highest BCUT2D eigenvalue weighted by atomic mass is 19.1. The van der Waals surface area contributed by atoms with Gasteiger partial charge in [0.1, 0.15) is 5.69 Å². The van der Waals surface area contributed by atoms with Crippen LogP contribution < -0.4 is 0 Å². The smallest absolute Gasteiger partial charge is 0.213 e. The van der Waals surface area contributed by atoms with E-state index in [4.69, 9.17) is 0 Å². The molecule has 0 saturated heterocycles. The Kier molecular flexibility index (Phi) is 2.51. The Hall–Kier alpha value is -2.37. The van der Waals surface area contributed by atoms with Gasteiger partial charge in [-0.3, -0.25) is 4.98 Å². The molecule has 0 bridgehead atoms. The van der Waals surface area contributed by atoms with Crippen LogP contribution in [0.1, 0.15) is 5.69 Å². The number of aryl methyl sites for hydroxylation is 2. The van der Waals surface area contributed by atoms with E-state index in [0.717, 1.165) is 23.3 Å². The SMILES string of the molecule is Cc1cc2nc(-c3nc(F)ccc3F)n(C)c2cn1. The van der Waals surface area contributed by atoms with Gasteiger partial charge in [-0.15, -0.1) is 0 Å². The van der Waals surface area contributed by atoms with E-state index >= 15 is 0 Å². The first kappa shape index (κ1) is 11.7. The predicted molar refractivity (Wildman–Crippen MR) is 66.4 cm³/mol. The van der Waals surface area contributed by atoms with Gasteiger partial charge in [0.05, 0.1) is 17.2 Å². The van der Waals surface area contributed by atoms with E-state index in [9.17, 15) is 8.78 Å². The van der Waals surface area contributed by atoms with Crippen LogP contribution >= 0.6 is 0 Å². The Morgan fingerprint density at radius 3 is 2.74 bits per heavy atom. The number of halogens is 2. The number of hydrogen-bond donors (Lipinski definition) is 0. The zero-order chi connectivity index (χ0) is 13.6. The Morgan fingerprint density at radius 1 is 1.16 bits per heavy atom. The lowest BCUT2D eigenvalue weighted by Gasteiger charge is -2.02. The Bertz CT molecular complexity index is 780. The zero-order valence-electron chi connectivity index (χ0n) is 10.4. The van der Waals surface area contributed by atoms with Crippen LogP contribution in [0.4, 0.5) is 8.78 Å². The van der Waals surface area contributed by atoms with Crippen molar-refractivity contribution < 1.29 is 8.78 Å². The summed E-state index contributed by atoms with van der Waals surface area (Å²) in [6.45, 7) is 1.84. The molecule has 0 N–H and O–H groups in total. The van der Waals surface area contributed by atoms with Crippen molar-refractivity contribution in [1.29, 1.82) is 0 Å². The maximum absolute atomic E-state index is 13.7. The van der Waals surface area contributed by atoms with Crippen molar-refractivity contribution in [2.24, 2.45) is 7.05 Å².